The molecule has 0 saturated heterocycles. The SMILES string of the molecule is CCCC(C)CCCCC(C)CC(C)C. The van der Waals surface area contributed by atoms with Gasteiger partial charge in [-0.15, -0.1) is 0 Å². The van der Waals surface area contributed by atoms with E-state index in [1.165, 1.54) is 44.9 Å². The fraction of sp³-hybridized carbons (Fsp3) is 1.00. The fourth-order valence-corrected chi connectivity index (χ4v) is 2.55. The summed E-state index contributed by atoms with van der Waals surface area (Å²) < 4.78 is 0. The summed E-state index contributed by atoms with van der Waals surface area (Å²) in [5.41, 5.74) is 0. The van der Waals surface area contributed by atoms with Crippen LogP contribution in [0.4, 0.5) is 0 Å². The Morgan fingerprint density at radius 2 is 1.27 bits per heavy atom. The Kier molecular flexibility index (Phi) is 9.24. The Bertz CT molecular complexity index is 126. The van der Waals surface area contributed by atoms with Crippen LogP contribution < -0.4 is 0 Å². The molecule has 0 amide bonds. The van der Waals surface area contributed by atoms with Crippen molar-refractivity contribution < 1.29 is 0 Å². The molecular weight excluding hydrogens is 180 g/mol. The molecule has 0 aliphatic heterocycles. The quantitative estimate of drug-likeness (QED) is 0.432. The Morgan fingerprint density at radius 3 is 1.73 bits per heavy atom. The van der Waals surface area contributed by atoms with Crippen molar-refractivity contribution in [3.63, 3.8) is 0 Å². The average molecular weight is 212 g/mol. The molecule has 0 aromatic rings. The monoisotopic (exact) mass is 212 g/mol. The van der Waals surface area contributed by atoms with Crippen LogP contribution in [0.5, 0.6) is 0 Å². The van der Waals surface area contributed by atoms with E-state index >= 15 is 0 Å². The van der Waals surface area contributed by atoms with Crippen molar-refractivity contribution in [1.29, 1.82) is 0 Å². The molecule has 0 radical (unpaired) electrons. The van der Waals surface area contributed by atoms with Gasteiger partial charge in [-0.3, -0.25) is 0 Å². The summed E-state index contributed by atoms with van der Waals surface area (Å²) in [6.07, 6.45) is 9.96. The van der Waals surface area contributed by atoms with Crippen molar-refractivity contribution in [2.75, 3.05) is 0 Å². The molecule has 0 aromatic carbocycles. The summed E-state index contributed by atoms with van der Waals surface area (Å²) in [6.45, 7) is 11.8. The highest BCUT2D eigenvalue weighted by molar-refractivity contribution is 4.58. The van der Waals surface area contributed by atoms with Crippen molar-refractivity contribution in [2.45, 2.75) is 79.6 Å². The van der Waals surface area contributed by atoms with Crippen molar-refractivity contribution >= 4 is 0 Å². The maximum atomic E-state index is 2.41. The molecular formula is C15H32. The number of rotatable bonds is 9. The van der Waals surface area contributed by atoms with E-state index in [1.54, 1.807) is 0 Å². The van der Waals surface area contributed by atoms with Crippen molar-refractivity contribution in [3.8, 4) is 0 Å². The van der Waals surface area contributed by atoms with Crippen LogP contribution in [0.3, 0.4) is 0 Å². The molecule has 0 fully saturated rings. The lowest BCUT2D eigenvalue weighted by Crippen LogP contribution is -2.00. The van der Waals surface area contributed by atoms with Crippen LogP contribution in [0.25, 0.3) is 0 Å². The Hall–Kier alpha value is 0. The minimum atomic E-state index is 0.874. The molecule has 0 spiro atoms. The van der Waals surface area contributed by atoms with E-state index in [-0.39, 0.29) is 0 Å². The van der Waals surface area contributed by atoms with E-state index in [0.717, 1.165) is 17.8 Å². The van der Waals surface area contributed by atoms with Crippen LogP contribution in [0.2, 0.25) is 0 Å². The molecule has 0 aliphatic carbocycles. The van der Waals surface area contributed by atoms with Crippen LogP contribution in [-0.2, 0) is 0 Å². The minimum Gasteiger partial charge on any atom is -0.0654 e. The Labute approximate surface area is 97.8 Å². The van der Waals surface area contributed by atoms with Gasteiger partial charge < -0.3 is 0 Å². The topological polar surface area (TPSA) is 0 Å². The molecule has 0 nitrogen and oxygen atoms in total. The van der Waals surface area contributed by atoms with Gasteiger partial charge in [0.25, 0.3) is 0 Å². The third kappa shape index (κ3) is 10.3. The van der Waals surface area contributed by atoms with Crippen LogP contribution in [0, 0.1) is 17.8 Å². The minimum absolute atomic E-state index is 0.874. The largest absolute Gasteiger partial charge is 0.0654 e. The standard InChI is InChI=1S/C15H32/c1-6-9-14(4)10-7-8-11-15(5)12-13(2)3/h13-15H,6-12H2,1-5H3. The number of hydrogen-bond acceptors (Lipinski definition) is 0. The molecule has 0 aliphatic rings. The maximum absolute atomic E-state index is 2.41. The number of hydrogen-bond donors (Lipinski definition) is 0. The second kappa shape index (κ2) is 9.24. The van der Waals surface area contributed by atoms with E-state index in [1.807, 2.05) is 0 Å². The summed E-state index contributed by atoms with van der Waals surface area (Å²) in [5, 5.41) is 0. The smallest absolute Gasteiger partial charge is 0.0440 e. The highest BCUT2D eigenvalue weighted by Gasteiger charge is 2.05. The third-order valence-electron chi connectivity index (χ3n) is 3.30. The van der Waals surface area contributed by atoms with Crippen molar-refractivity contribution in [3.05, 3.63) is 0 Å². The van der Waals surface area contributed by atoms with Gasteiger partial charge in [-0.2, -0.15) is 0 Å². The van der Waals surface area contributed by atoms with Gasteiger partial charge in [0.15, 0.2) is 0 Å². The molecule has 0 bridgehead atoms. The van der Waals surface area contributed by atoms with Gasteiger partial charge in [0.05, 0.1) is 0 Å². The predicted octanol–water partition coefficient (Wildman–Crippen LogP) is 5.67. The van der Waals surface area contributed by atoms with Crippen LogP contribution >= 0.6 is 0 Å². The van der Waals surface area contributed by atoms with Gasteiger partial charge in [0.1, 0.15) is 0 Å². The zero-order valence-electron chi connectivity index (χ0n) is 11.7. The number of unbranched alkanes of at least 4 members (excludes halogenated alkanes) is 1. The lowest BCUT2D eigenvalue weighted by molar-refractivity contribution is 0.384. The zero-order valence-corrected chi connectivity index (χ0v) is 11.7. The summed E-state index contributed by atoms with van der Waals surface area (Å²) in [7, 11) is 0. The second-order valence-electron chi connectivity index (χ2n) is 5.91. The van der Waals surface area contributed by atoms with Gasteiger partial charge in [0, 0.05) is 0 Å². The molecule has 15 heavy (non-hydrogen) atoms. The average Bonchev–Trinajstić information content (AvgIpc) is 2.12. The molecule has 2 unspecified atom stereocenters. The predicted molar refractivity (Wildman–Crippen MR) is 71.2 cm³/mol. The van der Waals surface area contributed by atoms with Gasteiger partial charge in [-0.25, -0.2) is 0 Å². The van der Waals surface area contributed by atoms with Gasteiger partial charge in [-0.05, 0) is 24.2 Å². The second-order valence-corrected chi connectivity index (χ2v) is 5.91. The van der Waals surface area contributed by atoms with E-state index in [9.17, 15) is 0 Å². The lowest BCUT2D eigenvalue weighted by atomic mass is 9.92. The highest BCUT2D eigenvalue weighted by Crippen LogP contribution is 2.20. The Balaban J connectivity index is 3.30. The summed E-state index contributed by atoms with van der Waals surface area (Å²) in [6, 6.07) is 0. The van der Waals surface area contributed by atoms with Gasteiger partial charge in [-0.1, -0.05) is 73.1 Å². The first-order chi connectivity index (χ1) is 7.06. The van der Waals surface area contributed by atoms with E-state index in [0.29, 0.717) is 0 Å². The molecule has 0 heterocycles. The molecule has 0 aromatic heterocycles. The molecule has 0 heteroatoms. The molecule has 92 valence electrons. The van der Waals surface area contributed by atoms with Gasteiger partial charge >= 0.3 is 0 Å². The van der Waals surface area contributed by atoms with Crippen molar-refractivity contribution in [1.82, 2.24) is 0 Å². The summed E-state index contributed by atoms with van der Waals surface area (Å²) >= 11 is 0. The maximum Gasteiger partial charge on any atom is -0.0440 e. The summed E-state index contributed by atoms with van der Waals surface area (Å²) in [4.78, 5) is 0. The molecule has 2 atom stereocenters. The lowest BCUT2D eigenvalue weighted by Gasteiger charge is -2.14. The normalized spacial score (nSPS) is 15.6. The van der Waals surface area contributed by atoms with E-state index in [4.69, 9.17) is 0 Å². The zero-order chi connectivity index (χ0) is 11.7. The van der Waals surface area contributed by atoms with Crippen LogP contribution in [0.15, 0.2) is 0 Å². The van der Waals surface area contributed by atoms with E-state index in [2.05, 4.69) is 34.6 Å². The third-order valence-corrected chi connectivity index (χ3v) is 3.30. The first-order valence-corrected chi connectivity index (χ1v) is 7.06. The highest BCUT2D eigenvalue weighted by atomic mass is 14.1. The van der Waals surface area contributed by atoms with Crippen LogP contribution in [-0.4, -0.2) is 0 Å². The van der Waals surface area contributed by atoms with Gasteiger partial charge in [0.2, 0.25) is 0 Å². The van der Waals surface area contributed by atoms with Crippen LogP contribution in [0.1, 0.15) is 79.6 Å². The molecule has 0 saturated carbocycles. The fourth-order valence-electron chi connectivity index (χ4n) is 2.55. The summed E-state index contributed by atoms with van der Waals surface area (Å²) in [5.74, 6) is 2.76. The molecule has 0 rings (SSSR count). The van der Waals surface area contributed by atoms with E-state index < -0.39 is 0 Å². The molecule has 0 N–H and O–H groups in total. The Morgan fingerprint density at radius 1 is 0.733 bits per heavy atom. The first-order valence-electron chi connectivity index (χ1n) is 7.06. The first kappa shape index (κ1) is 15.0. The van der Waals surface area contributed by atoms with Crippen molar-refractivity contribution in [2.24, 2.45) is 17.8 Å².